The van der Waals surface area contributed by atoms with Crippen LogP contribution in [0, 0.1) is 13.8 Å². The molecule has 0 spiro atoms. The Morgan fingerprint density at radius 1 is 0.674 bits per heavy atom. The van der Waals surface area contributed by atoms with E-state index in [1.54, 1.807) is 0 Å². The molecule has 7 aromatic rings. The molecule has 4 nitrogen and oxygen atoms in total. The molecule has 5 aromatic carbocycles. The third kappa shape index (κ3) is 4.45. The molecule has 0 bridgehead atoms. The van der Waals surface area contributed by atoms with E-state index >= 15 is 0 Å². The second-order valence-corrected chi connectivity index (χ2v) is 17.3. The lowest BCUT2D eigenvalue weighted by Gasteiger charge is -2.27. The first-order valence-corrected chi connectivity index (χ1v) is 18.8. The third-order valence-electron chi connectivity index (χ3n) is 9.77. The molecule has 3 heterocycles. The van der Waals surface area contributed by atoms with Crippen molar-refractivity contribution in [1.29, 1.82) is 0 Å². The Morgan fingerprint density at radius 2 is 1.39 bits per heavy atom. The van der Waals surface area contributed by atoms with Gasteiger partial charge in [-0.2, -0.15) is 0 Å². The molecule has 2 aromatic heterocycles. The zero-order chi connectivity index (χ0) is 34.1. The van der Waals surface area contributed by atoms with Gasteiger partial charge in [-0.05, 0) is 84.6 Å². The van der Waals surface area contributed by atoms with Crippen LogP contribution in [0.4, 0.5) is 17.1 Å². The molecule has 0 fully saturated rings. The number of rotatable bonds is 5. The summed E-state index contributed by atoms with van der Waals surface area (Å²) in [7, 11) is -2.24. The lowest BCUT2D eigenvalue weighted by molar-refractivity contribution is 0.950. The highest BCUT2D eigenvalue weighted by molar-refractivity contribution is 7.00. The highest BCUT2D eigenvalue weighted by Gasteiger charge is 2.30. The Kier molecular flexibility index (Phi) is 5.86. The van der Waals surface area contributed by atoms with Gasteiger partial charge < -0.3 is 9.80 Å². The topological polar surface area (TPSA) is 24.3 Å². The minimum Gasteiger partial charge on any atom is -0.355 e. The summed E-state index contributed by atoms with van der Waals surface area (Å²) in [4.78, 5) is 8.56. The van der Waals surface area contributed by atoms with E-state index < -0.39 is 15.0 Å². The zero-order valence-electron chi connectivity index (χ0n) is 29.6. The summed E-state index contributed by atoms with van der Waals surface area (Å²) in [5.74, 6) is 0.900. The van der Waals surface area contributed by atoms with Gasteiger partial charge in [0.15, 0.2) is 0 Å². The number of nitrogens with zero attached hydrogens (tertiary/aromatic N) is 4. The van der Waals surface area contributed by atoms with Crippen molar-refractivity contribution in [3.63, 3.8) is 0 Å². The average Bonchev–Trinajstić information content (AvgIpc) is 3.65. The van der Waals surface area contributed by atoms with E-state index in [-0.39, 0.29) is 6.67 Å². The molecule has 226 valence electrons. The monoisotopic (exact) mass is 617 g/mol. The number of anilines is 3. The summed E-state index contributed by atoms with van der Waals surface area (Å²) < 4.78 is 26.8. The van der Waals surface area contributed by atoms with E-state index in [4.69, 9.17) is 9.10 Å². The average molecular weight is 618 g/mol. The lowest BCUT2D eigenvalue weighted by atomic mass is 9.96. The number of para-hydroxylation sites is 3. The molecule has 1 aliphatic rings. The van der Waals surface area contributed by atoms with Gasteiger partial charge in [0.1, 0.15) is 13.9 Å². The number of aryl methyl sites for hydroxylation is 2. The molecule has 0 amide bonds. The first-order chi connectivity index (χ1) is 23.5. The fourth-order valence-electron chi connectivity index (χ4n) is 7.24. The molecular weight excluding hydrogens is 577 g/mol. The standard InChI is InChI=1S/C41H38N4Si/c1-28-12-10-13-29(2)41(28)30-22-23-42-40(24-30)45-36-17-7-6-16-34(36)35-21-20-33(26-39(35)45)46(4,5)32-15-11-14-31(25-32)44-27-43(3)37-18-8-9-19-38(37)44/h6-26H,27H2,1-5H3/i3D3. The summed E-state index contributed by atoms with van der Waals surface area (Å²) >= 11 is 0. The van der Waals surface area contributed by atoms with Crippen LogP contribution in [0.25, 0.3) is 38.8 Å². The van der Waals surface area contributed by atoms with Crippen molar-refractivity contribution in [3.05, 3.63) is 139 Å². The first-order valence-electron chi connectivity index (χ1n) is 17.3. The largest absolute Gasteiger partial charge is 0.355 e. The van der Waals surface area contributed by atoms with Crippen molar-refractivity contribution < 1.29 is 4.11 Å². The molecule has 1 aliphatic heterocycles. The van der Waals surface area contributed by atoms with Gasteiger partial charge in [-0.3, -0.25) is 4.57 Å². The lowest BCUT2D eigenvalue weighted by Crippen LogP contribution is -2.53. The van der Waals surface area contributed by atoms with Crippen molar-refractivity contribution in [2.75, 3.05) is 23.4 Å². The summed E-state index contributed by atoms with van der Waals surface area (Å²) in [6.07, 6.45) is 1.93. The van der Waals surface area contributed by atoms with E-state index in [1.807, 2.05) is 30.5 Å². The van der Waals surface area contributed by atoms with Gasteiger partial charge in [0, 0.05) is 33.7 Å². The molecule has 8 rings (SSSR count). The number of aromatic nitrogens is 2. The maximum absolute atomic E-state index is 8.16. The summed E-state index contributed by atoms with van der Waals surface area (Å²) in [6.45, 7) is 7.18. The van der Waals surface area contributed by atoms with Crippen LogP contribution in [0.3, 0.4) is 0 Å². The molecule has 0 atom stereocenters. The Morgan fingerprint density at radius 3 is 2.22 bits per heavy atom. The second-order valence-electron chi connectivity index (χ2n) is 12.9. The molecule has 0 unspecified atom stereocenters. The second kappa shape index (κ2) is 10.7. The van der Waals surface area contributed by atoms with E-state index in [9.17, 15) is 0 Å². The summed E-state index contributed by atoms with van der Waals surface area (Å²) in [5, 5.41) is 5.01. The van der Waals surface area contributed by atoms with Crippen LogP contribution in [-0.4, -0.2) is 31.3 Å². The summed E-state index contributed by atoms with van der Waals surface area (Å²) in [5.41, 5.74) is 9.84. The number of fused-ring (bicyclic) bond motifs is 4. The van der Waals surface area contributed by atoms with Crippen LogP contribution in [0.2, 0.25) is 13.1 Å². The Bertz CT molecular complexity index is 2370. The predicted octanol–water partition coefficient (Wildman–Crippen LogP) is 8.83. The molecular formula is C41H38N4Si. The fraction of sp³-hybridized carbons (Fsp3) is 0.146. The maximum Gasteiger partial charge on any atom is 0.138 e. The van der Waals surface area contributed by atoms with Gasteiger partial charge in [0.05, 0.1) is 29.1 Å². The van der Waals surface area contributed by atoms with E-state index in [2.05, 4.69) is 133 Å². The van der Waals surface area contributed by atoms with Crippen LogP contribution >= 0.6 is 0 Å². The minimum absolute atomic E-state index is 0.279. The van der Waals surface area contributed by atoms with Crippen molar-refractivity contribution >= 4 is 57.3 Å². The number of hydrogen-bond donors (Lipinski definition) is 0. The Hall–Kier alpha value is -5.13. The van der Waals surface area contributed by atoms with E-state index in [1.165, 1.54) is 42.7 Å². The van der Waals surface area contributed by atoms with Crippen LogP contribution in [-0.2, 0) is 0 Å². The van der Waals surface area contributed by atoms with E-state index in [0.717, 1.165) is 39.5 Å². The number of hydrogen-bond acceptors (Lipinski definition) is 3. The fourth-order valence-corrected chi connectivity index (χ4v) is 9.59. The third-order valence-corrected chi connectivity index (χ3v) is 13.3. The van der Waals surface area contributed by atoms with Crippen molar-refractivity contribution in [1.82, 2.24) is 9.55 Å². The number of pyridine rings is 1. The molecule has 0 saturated carbocycles. The Balaban J connectivity index is 1.24. The van der Waals surface area contributed by atoms with Gasteiger partial charge in [-0.25, -0.2) is 4.98 Å². The quantitative estimate of drug-likeness (QED) is 0.180. The maximum atomic E-state index is 8.16. The van der Waals surface area contributed by atoms with Crippen LogP contribution in [0.5, 0.6) is 0 Å². The predicted molar refractivity (Wildman–Crippen MR) is 199 cm³/mol. The molecule has 0 aliphatic carbocycles. The van der Waals surface area contributed by atoms with Crippen LogP contribution in [0.1, 0.15) is 15.2 Å². The summed E-state index contributed by atoms with van der Waals surface area (Å²) in [6, 6.07) is 42.8. The SMILES string of the molecule is [2H]C([2H])([2H])N1CN(c2cccc([Si](C)(C)c3ccc4c5ccccc5n(-c5cc(-c6c(C)cccc6C)ccn5)c4c3)c2)c2ccccc21. The Labute approximate surface area is 276 Å². The normalized spacial score (nSPS) is 14.4. The van der Waals surface area contributed by atoms with Gasteiger partial charge in [0.25, 0.3) is 0 Å². The minimum atomic E-state index is -2.24. The van der Waals surface area contributed by atoms with Gasteiger partial charge in [-0.1, -0.05) is 96.3 Å². The van der Waals surface area contributed by atoms with Gasteiger partial charge >= 0.3 is 0 Å². The van der Waals surface area contributed by atoms with E-state index in [0.29, 0.717) is 0 Å². The van der Waals surface area contributed by atoms with Crippen LogP contribution < -0.4 is 20.2 Å². The molecule has 5 heteroatoms. The molecule has 0 saturated heterocycles. The smallest absolute Gasteiger partial charge is 0.138 e. The first kappa shape index (κ1) is 25.1. The van der Waals surface area contributed by atoms with Crippen molar-refractivity contribution in [2.24, 2.45) is 0 Å². The zero-order valence-corrected chi connectivity index (χ0v) is 27.6. The van der Waals surface area contributed by atoms with Crippen molar-refractivity contribution in [2.45, 2.75) is 26.9 Å². The highest BCUT2D eigenvalue weighted by Crippen LogP contribution is 2.39. The molecule has 0 radical (unpaired) electrons. The molecule has 0 N–H and O–H groups in total. The van der Waals surface area contributed by atoms with Crippen molar-refractivity contribution in [3.8, 4) is 16.9 Å². The number of benzene rings is 5. The van der Waals surface area contributed by atoms with Gasteiger partial charge in [-0.15, -0.1) is 0 Å². The highest BCUT2D eigenvalue weighted by atomic mass is 28.3. The van der Waals surface area contributed by atoms with Gasteiger partial charge in [0.2, 0.25) is 0 Å². The van der Waals surface area contributed by atoms with Crippen LogP contribution in [0.15, 0.2) is 128 Å². The molecule has 46 heavy (non-hydrogen) atoms.